The van der Waals surface area contributed by atoms with E-state index in [0.717, 1.165) is 37.0 Å². The van der Waals surface area contributed by atoms with Crippen molar-refractivity contribution in [1.29, 1.82) is 0 Å². The first kappa shape index (κ1) is 17.0. The number of hydrogen-bond acceptors (Lipinski definition) is 4. The molecule has 6 nitrogen and oxygen atoms in total. The van der Waals surface area contributed by atoms with E-state index in [9.17, 15) is 4.79 Å². The highest BCUT2D eigenvalue weighted by molar-refractivity contribution is 6.35. The van der Waals surface area contributed by atoms with Crippen LogP contribution in [0.15, 0.2) is 30.9 Å². The number of nitrogens with zero attached hydrogens (tertiary/aromatic N) is 5. The normalized spacial score (nSPS) is 15.6. The summed E-state index contributed by atoms with van der Waals surface area (Å²) in [7, 11) is 0. The standard InChI is InChI=1S/C19H20ClN5O/c1-12-3-5-24(6-4-12)19(26)14-7-15-16(20)11-25(18(15)22-9-14)17-10-21-8-13(2)23-17/h7-12H,3-6H2,1-2H3. The lowest BCUT2D eigenvalue weighted by Gasteiger charge is -2.30. The average Bonchev–Trinajstić information content (AvgIpc) is 2.98. The summed E-state index contributed by atoms with van der Waals surface area (Å²) in [6, 6.07) is 1.82. The number of rotatable bonds is 2. The summed E-state index contributed by atoms with van der Waals surface area (Å²) < 4.78 is 1.80. The Kier molecular flexibility index (Phi) is 4.36. The molecular weight excluding hydrogens is 350 g/mol. The zero-order chi connectivity index (χ0) is 18.3. The van der Waals surface area contributed by atoms with Crippen LogP contribution in [0.4, 0.5) is 0 Å². The number of pyridine rings is 1. The molecule has 0 radical (unpaired) electrons. The van der Waals surface area contributed by atoms with Crippen molar-refractivity contribution in [2.45, 2.75) is 26.7 Å². The summed E-state index contributed by atoms with van der Waals surface area (Å²) >= 11 is 6.42. The molecule has 0 saturated carbocycles. The Labute approximate surface area is 156 Å². The van der Waals surface area contributed by atoms with E-state index < -0.39 is 0 Å². The fourth-order valence-corrected chi connectivity index (χ4v) is 3.56. The molecule has 1 aliphatic heterocycles. The molecule has 1 aliphatic rings. The zero-order valence-corrected chi connectivity index (χ0v) is 15.6. The second-order valence-electron chi connectivity index (χ2n) is 6.94. The number of amides is 1. The number of hydrogen-bond donors (Lipinski definition) is 0. The van der Waals surface area contributed by atoms with Gasteiger partial charge < -0.3 is 4.90 Å². The summed E-state index contributed by atoms with van der Waals surface area (Å²) in [6.45, 7) is 5.71. The van der Waals surface area contributed by atoms with Gasteiger partial charge in [0.25, 0.3) is 5.91 Å². The first-order chi connectivity index (χ1) is 12.5. The van der Waals surface area contributed by atoms with Crippen LogP contribution in [0.1, 0.15) is 35.8 Å². The molecule has 134 valence electrons. The molecule has 0 spiro atoms. The van der Waals surface area contributed by atoms with E-state index in [4.69, 9.17) is 11.6 Å². The summed E-state index contributed by atoms with van der Waals surface area (Å²) in [4.78, 5) is 27.8. The van der Waals surface area contributed by atoms with Crippen molar-refractivity contribution in [1.82, 2.24) is 24.4 Å². The highest BCUT2D eigenvalue weighted by atomic mass is 35.5. The number of carbonyl (C=O) groups excluding carboxylic acids is 1. The van der Waals surface area contributed by atoms with E-state index in [0.29, 0.717) is 28.0 Å². The van der Waals surface area contributed by atoms with Gasteiger partial charge in [-0.25, -0.2) is 9.97 Å². The average molecular weight is 370 g/mol. The van der Waals surface area contributed by atoms with Gasteiger partial charge in [0, 0.05) is 37.1 Å². The number of carbonyl (C=O) groups is 1. The summed E-state index contributed by atoms with van der Waals surface area (Å²) in [6.07, 6.45) is 8.84. The second kappa shape index (κ2) is 6.68. The molecule has 4 rings (SSSR count). The minimum atomic E-state index is 0.0189. The Hall–Kier alpha value is -2.47. The second-order valence-corrected chi connectivity index (χ2v) is 7.34. The molecule has 3 aromatic heterocycles. The molecule has 4 heterocycles. The number of halogens is 1. The molecular formula is C19H20ClN5O. The fourth-order valence-electron chi connectivity index (χ4n) is 3.32. The SMILES string of the molecule is Cc1cncc(-n2cc(Cl)c3cc(C(=O)N4CCC(C)CC4)cnc32)n1. The monoisotopic (exact) mass is 369 g/mol. The third-order valence-corrected chi connectivity index (χ3v) is 5.20. The van der Waals surface area contributed by atoms with Gasteiger partial charge in [-0.3, -0.25) is 14.3 Å². The Morgan fingerprint density at radius 1 is 1.23 bits per heavy atom. The van der Waals surface area contributed by atoms with Crippen molar-refractivity contribution >= 4 is 28.5 Å². The van der Waals surface area contributed by atoms with Gasteiger partial charge in [0.05, 0.1) is 22.5 Å². The van der Waals surface area contributed by atoms with Gasteiger partial charge >= 0.3 is 0 Å². The zero-order valence-electron chi connectivity index (χ0n) is 14.8. The van der Waals surface area contributed by atoms with Gasteiger partial charge in [0.15, 0.2) is 5.82 Å². The van der Waals surface area contributed by atoms with E-state index >= 15 is 0 Å². The summed E-state index contributed by atoms with van der Waals surface area (Å²) in [5, 5.41) is 1.28. The number of aromatic nitrogens is 4. The minimum absolute atomic E-state index is 0.0189. The van der Waals surface area contributed by atoms with Gasteiger partial charge in [0.2, 0.25) is 0 Å². The van der Waals surface area contributed by atoms with Gasteiger partial charge in [-0.15, -0.1) is 0 Å². The Morgan fingerprint density at radius 3 is 2.73 bits per heavy atom. The predicted octanol–water partition coefficient (Wildman–Crippen LogP) is 3.65. The van der Waals surface area contributed by atoms with Crippen LogP contribution in [0.2, 0.25) is 5.02 Å². The van der Waals surface area contributed by atoms with E-state index in [1.54, 1.807) is 29.4 Å². The number of aryl methyl sites for hydroxylation is 1. The molecule has 0 atom stereocenters. The van der Waals surface area contributed by atoms with E-state index in [1.807, 2.05) is 17.9 Å². The molecule has 0 N–H and O–H groups in total. The van der Waals surface area contributed by atoms with Crippen LogP contribution in [-0.2, 0) is 0 Å². The summed E-state index contributed by atoms with van der Waals surface area (Å²) in [5.41, 5.74) is 2.05. The van der Waals surface area contributed by atoms with Gasteiger partial charge in [-0.05, 0) is 31.7 Å². The van der Waals surface area contributed by atoms with Crippen molar-refractivity contribution < 1.29 is 4.79 Å². The maximum atomic E-state index is 12.8. The topological polar surface area (TPSA) is 63.9 Å². The molecule has 26 heavy (non-hydrogen) atoms. The third-order valence-electron chi connectivity index (χ3n) is 4.90. The van der Waals surface area contributed by atoms with Crippen LogP contribution in [0, 0.1) is 12.8 Å². The number of fused-ring (bicyclic) bond motifs is 1. The maximum Gasteiger partial charge on any atom is 0.255 e. The Bertz CT molecular complexity index is 975. The lowest BCUT2D eigenvalue weighted by atomic mass is 9.99. The third kappa shape index (κ3) is 3.05. The van der Waals surface area contributed by atoms with Gasteiger partial charge in [0.1, 0.15) is 5.65 Å². The largest absolute Gasteiger partial charge is 0.339 e. The Balaban J connectivity index is 1.70. The summed E-state index contributed by atoms with van der Waals surface area (Å²) in [5.74, 6) is 1.35. The molecule has 1 saturated heterocycles. The van der Waals surface area contributed by atoms with Gasteiger partial charge in [-0.1, -0.05) is 18.5 Å². The molecule has 7 heteroatoms. The molecule has 0 aliphatic carbocycles. The van der Waals surface area contributed by atoms with Crippen LogP contribution >= 0.6 is 11.6 Å². The van der Waals surface area contributed by atoms with Crippen LogP contribution in [0.3, 0.4) is 0 Å². The lowest BCUT2D eigenvalue weighted by Crippen LogP contribution is -2.37. The first-order valence-corrected chi connectivity index (χ1v) is 9.15. The van der Waals surface area contributed by atoms with Gasteiger partial charge in [-0.2, -0.15) is 0 Å². The van der Waals surface area contributed by atoms with Crippen molar-refractivity contribution in [3.05, 3.63) is 47.1 Å². The highest BCUT2D eigenvalue weighted by Crippen LogP contribution is 2.28. The van der Waals surface area contributed by atoms with E-state index in [2.05, 4.69) is 21.9 Å². The van der Waals surface area contributed by atoms with Crippen LogP contribution in [-0.4, -0.2) is 43.4 Å². The minimum Gasteiger partial charge on any atom is -0.339 e. The van der Waals surface area contributed by atoms with E-state index in [-0.39, 0.29) is 5.91 Å². The smallest absolute Gasteiger partial charge is 0.255 e. The van der Waals surface area contributed by atoms with Crippen molar-refractivity contribution in [3.63, 3.8) is 0 Å². The molecule has 0 unspecified atom stereocenters. The van der Waals surface area contributed by atoms with Crippen molar-refractivity contribution in [2.75, 3.05) is 13.1 Å². The van der Waals surface area contributed by atoms with Crippen molar-refractivity contribution in [2.24, 2.45) is 5.92 Å². The highest BCUT2D eigenvalue weighted by Gasteiger charge is 2.22. The molecule has 1 fully saturated rings. The number of likely N-dealkylation sites (tertiary alicyclic amines) is 1. The van der Waals surface area contributed by atoms with Crippen LogP contribution in [0.5, 0.6) is 0 Å². The van der Waals surface area contributed by atoms with Crippen LogP contribution in [0.25, 0.3) is 16.9 Å². The molecule has 0 bridgehead atoms. The Morgan fingerprint density at radius 2 is 2.00 bits per heavy atom. The molecule has 3 aromatic rings. The first-order valence-electron chi connectivity index (χ1n) is 8.78. The predicted molar refractivity (Wildman–Crippen MR) is 101 cm³/mol. The van der Waals surface area contributed by atoms with Crippen LogP contribution < -0.4 is 0 Å². The molecule has 0 aromatic carbocycles. The van der Waals surface area contributed by atoms with Crippen molar-refractivity contribution in [3.8, 4) is 5.82 Å². The maximum absolute atomic E-state index is 12.8. The quantitative estimate of drug-likeness (QED) is 0.691. The van der Waals surface area contributed by atoms with E-state index in [1.165, 1.54) is 0 Å². The number of piperidine rings is 1. The fraction of sp³-hybridized carbons (Fsp3) is 0.368. The lowest BCUT2D eigenvalue weighted by molar-refractivity contribution is 0.0697. The molecule has 1 amide bonds.